The molecule has 0 aromatic rings. The highest BCUT2D eigenvalue weighted by molar-refractivity contribution is 5.94. The molecule has 9 N–H and O–H groups in total. The summed E-state index contributed by atoms with van der Waals surface area (Å²) in [6.45, 7) is 2.82. The maximum absolute atomic E-state index is 13.0. The van der Waals surface area contributed by atoms with Crippen molar-refractivity contribution in [2.24, 2.45) is 17.2 Å². The van der Waals surface area contributed by atoms with Gasteiger partial charge in [-0.1, -0.05) is 6.42 Å². The van der Waals surface area contributed by atoms with Crippen molar-refractivity contribution in [3.8, 4) is 0 Å². The molecule has 1 rings (SSSR count). The van der Waals surface area contributed by atoms with E-state index in [4.69, 9.17) is 17.2 Å². The average molecular weight is 443 g/mol. The van der Waals surface area contributed by atoms with E-state index in [-0.39, 0.29) is 0 Å². The number of carbonyl (C=O) groups is 4. The molecule has 11 nitrogen and oxygen atoms in total. The lowest BCUT2D eigenvalue weighted by Gasteiger charge is -2.28. The fourth-order valence-electron chi connectivity index (χ4n) is 3.56. The third-order valence-corrected chi connectivity index (χ3v) is 5.44. The van der Waals surface area contributed by atoms with Crippen LogP contribution in [-0.4, -0.2) is 77.5 Å². The molecule has 1 heterocycles. The molecule has 3 amide bonds. The van der Waals surface area contributed by atoms with Crippen LogP contribution in [0.1, 0.15) is 58.3 Å². The van der Waals surface area contributed by atoms with E-state index in [0.29, 0.717) is 64.6 Å². The van der Waals surface area contributed by atoms with Crippen LogP contribution in [-0.2, 0) is 19.2 Å². The van der Waals surface area contributed by atoms with Crippen LogP contribution in [0.4, 0.5) is 0 Å². The molecule has 0 saturated carbocycles. The van der Waals surface area contributed by atoms with Crippen LogP contribution in [0, 0.1) is 0 Å². The van der Waals surface area contributed by atoms with E-state index in [1.165, 1.54) is 11.8 Å². The second-order valence-corrected chi connectivity index (χ2v) is 7.99. The van der Waals surface area contributed by atoms with Gasteiger partial charge in [-0.15, -0.1) is 0 Å². The first-order valence-electron chi connectivity index (χ1n) is 11.0. The second-order valence-electron chi connectivity index (χ2n) is 7.99. The van der Waals surface area contributed by atoms with Crippen molar-refractivity contribution in [2.75, 3.05) is 19.6 Å². The molecule has 1 saturated heterocycles. The number of nitrogens with one attached hydrogen (secondary N) is 2. The van der Waals surface area contributed by atoms with Gasteiger partial charge in [-0.05, 0) is 65.0 Å². The minimum atomic E-state index is -1.05. The van der Waals surface area contributed by atoms with Crippen molar-refractivity contribution in [1.82, 2.24) is 15.5 Å². The number of carboxylic acid groups (broad SMARTS) is 1. The maximum Gasteiger partial charge on any atom is 0.326 e. The maximum atomic E-state index is 13.0. The molecule has 11 heteroatoms. The molecule has 4 unspecified atom stereocenters. The number of hydrogen-bond donors (Lipinski definition) is 6. The molecule has 0 spiro atoms. The topological polar surface area (TPSA) is 194 Å². The van der Waals surface area contributed by atoms with E-state index in [2.05, 4.69) is 10.6 Å². The monoisotopic (exact) mass is 442 g/mol. The highest BCUT2D eigenvalue weighted by atomic mass is 16.4. The standard InChI is InChI=1S/C20H38N6O5/c1-13(24-18(28)14(23)7-2-4-10-21)17(27)25-15(8-3-5-11-22)19(29)26-12-6-9-16(26)20(30)31/h13-16H,2-12,21-23H2,1H3,(H,24,28)(H,25,27)(H,30,31). The largest absolute Gasteiger partial charge is 0.480 e. The number of nitrogens with two attached hydrogens (primary N) is 3. The molecule has 178 valence electrons. The van der Waals surface area contributed by atoms with Gasteiger partial charge in [-0.2, -0.15) is 0 Å². The van der Waals surface area contributed by atoms with Gasteiger partial charge < -0.3 is 37.8 Å². The third kappa shape index (κ3) is 8.80. The van der Waals surface area contributed by atoms with Crippen molar-refractivity contribution < 1.29 is 24.3 Å². The highest BCUT2D eigenvalue weighted by Gasteiger charge is 2.37. The fourth-order valence-corrected chi connectivity index (χ4v) is 3.56. The van der Waals surface area contributed by atoms with Crippen LogP contribution in [0.2, 0.25) is 0 Å². The smallest absolute Gasteiger partial charge is 0.326 e. The van der Waals surface area contributed by atoms with E-state index in [1.807, 2.05) is 0 Å². The number of unbranched alkanes of at least 4 members (excludes halogenated alkanes) is 2. The lowest BCUT2D eigenvalue weighted by molar-refractivity contribution is -0.149. The molecule has 0 aromatic heterocycles. The first kappa shape index (κ1) is 26.8. The van der Waals surface area contributed by atoms with Gasteiger partial charge in [0.05, 0.1) is 6.04 Å². The number of hydrogen-bond acceptors (Lipinski definition) is 7. The Balaban J connectivity index is 2.72. The molecule has 1 aliphatic rings. The van der Waals surface area contributed by atoms with Crippen LogP contribution in [0.5, 0.6) is 0 Å². The number of rotatable bonds is 14. The zero-order chi connectivity index (χ0) is 23.4. The number of nitrogens with zero attached hydrogens (tertiary/aromatic N) is 1. The fraction of sp³-hybridized carbons (Fsp3) is 0.800. The molecule has 1 aliphatic heterocycles. The lowest BCUT2D eigenvalue weighted by atomic mass is 10.1. The summed E-state index contributed by atoms with van der Waals surface area (Å²) in [5.74, 6) is -2.45. The Morgan fingerprint density at radius 2 is 1.61 bits per heavy atom. The van der Waals surface area contributed by atoms with Crippen LogP contribution in [0.25, 0.3) is 0 Å². The minimum absolute atomic E-state index is 0.336. The summed E-state index contributed by atoms with van der Waals surface area (Å²) >= 11 is 0. The zero-order valence-electron chi connectivity index (χ0n) is 18.3. The van der Waals surface area contributed by atoms with E-state index in [1.54, 1.807) is 0 Å². The van der Waals surface area contributed by atoms with Crippen LogP contribution in [0.3, 0.4) is 0 Å². The molecule has 0 aromatic carbocycles. The van der Waals surface area contributed by atoms with Crippen molar-refractivity contribution in [2.45, 2.75) is 82.5 Å². The van der Waals surface area contributed by atoms with Crippen LogP contribution in [0.15, 0.2) is 0 Å². The molecule has 0 radical (unpaired) electrons. The first-order valence-corrected chi connectivity index (χ1v) is 11.0. The predicted molar refractivity (Wildman–Crippen MR) is 116 cm³/mol. The van der Waals surface area contributed by atoms with Crippen molar-refractivity contribution in [3.63, 3.8) is 0 Å². The summed E-state index contributed by atoms with van der Waals surface area (Å²) in [6.07, 6.45) is 4.53. The Hall–Kier alpha value is -2.24. The normalized spacial score (nSPS) is 18.8. The Kier molecular flexibility index (Phi) is 12.1. The van der Waals surface area contributed by atoms with Gasteiger partial charge in [0, 0.05) is 6.54 Å². The van der Waals surface area contributed by atoms with E-state index in [0.717, 1.165) is 6.42 Å². The quantitative estimate of drug-likeness (QED) is 0.177. The van der Waals surface area contributed by atoms with Gasteiger partial charge in [-0.25, -0.2) is 4.79 Å². The van der Waals surface area contributed by atoms with Gasteiger partial charge >= 0.3 is 5.97 Å². The molecular weight excluding hydrogens is 404 g/mol. The molecule has 0 aliphatic carbocycles. The molecule has 0 bridgehead atoms. The highest BCUT2D eigenvalue weighted by Crippen LogP contribution is 2.20. The van der Waals surface area contributed by atoms with Crippen LogP contribution < -0.4 is 27.8 Å². The Morgan fingerprint density at radius 1 is 1.00 bits per heavy atom. The van der Waals surface area contributed by atoms with Crippen molar-refractivity contribution in [1.29, 1.82) is 0 Å². The zero-order valence-corrected chi connectivity index (χ0v) is 18.3. The Morgan fingerprint density at radius 3 is 2.19 bits per heavy atom. The number of carbonyl (C=O) groups excluding carboxylic acids is 3. The molecule has 1 fully saturated rings. The first-order chi connectivity index (χ1) is 14.7. The van der Waals surface area contributed by atoms with E-state index >= 15 is 0 Å². The average Bonchev–Trinajstić information content (AvgIpc) is 3.22. The van der Waals surface area contributed by atoms with E-state index in [9.17, 15) is 24.3 Å². The molecule has 31 heavy (non-hydrogen) atoms. The van der Waals surface area contributed by atoms with Crippen LogP contribution >= 0.6 is 0 Å². The predicted octanol–water partition coefficient (Wildman–Crippen LogP) is -1.36. The second kappa shape index (κ2) is 13.9. The Bertz CT molecular complexity index is 617. The SMILES string of the molecule is CC(NC(=O)C(N)CCCCN)C(=O)NC(CCCCN)C(=O)N1CCCC1C(=O)O. The summed E-state index contributed by atoms with van der Waals surface area (Å²) in [5, 5.41) is 14.6. The Labute approximate surface area is 183 Å². The summed E-state index contributed by atoms with van der Waals surface area (Å²) in [4.78, 5) is 50.6. The van der Waals surface area contributed by atoms with Crippen molar-refractivity contribution >= 4 is 23.7 Å². The van der Waals surface area contributed by atoms with Gasteiger partial charge in [0.2, 0.25) is 17.7 Å². The summed E-state index contributed by atoms with van der Waals surface area (Å²) < 4.78 is 0. The number of aliphatic carboxylic acids is 1. The minimum Gasteiger partial charge on any atom is -0.480 e. The number of likely N-dealkylation sites (tertiary alicyclic amines) is 1. The summed E-state index contributed by atoms with van der Waals surface area (Å²) in [7, 11) is 0. The van der Waals surface area contributed by atoms with Gasteiger partial charge in [0.1, 0.15) is 18.1 Å². The third-order valence-electron chi connectivity index (χ3n) is 5.44. The summed E-state index contributed by atoms with van der Waals surface area (Å²) in [6, 6.07) is -3.40. The number of carboxylic acids is 1. The molecular formula is C20H38N6O5. The van der Waals surface area contributed by atoms with Gasteiger partial charge in [-0.3, -0.25) is 14.4 Å². The van der Waals surface area contributed by atoms with Gasteiger partial charge in [0.15, 0.2) is 0 Å². The molecule has 4 atom stereocenters. The van der Waals surface area contributed by atoms with Gasteiger partial charge in [0.25, 0.3) is 0 Å². The van der Waals surface area contributed by atoms with E-state index < -0.39 is 47.9 Å². The van der Waals surface area contributed by atoms with Crippen molar-refractivity contribution in [3.05, 3.63) is 0 Å². The number of amides is 3. The summed E-state index contributed by atoms with van der Waals surface area (Å²) in [5.41, 5.74) is 16.8. The lowest BCUT2D eigenvalue weighted by Crippen LogP contribution is -2.56.